The maximum absolute atomic E-state index is 12.1. The summed E-state index contributed by atoms with van der Waals surface area (Å²) in [6.45, 7) is 2.52. The van der Waals surface area contributed by atoms with Gasteiger partial charge in [-0.2, -0.15) is 0 Å². The molecule has 1 heterocycles. The Morgan fingerprint density at radius 1 is 1.15 bits per heavy atom. The zero-order valence-electron chi connectivity index (χ0n) is 16.2. The van der Waals surface area contributed by atoms with Gasteiger partial charge < -0.3 is 14.8 Å². The van der Waals surface area contributed by atoms with Gasteiger partial charge in [-0.1, -0.05) is 19.4 Å². The molecule has 0 fully saturated rings. The average molecular weight is 373 g/mol. The van der Waals surface area contributed by atoms with Crippen LogP contribution in [0, 0.1) is 0 Å². The van der Waals surface area contributed by atoms with Crippen molar-refractivity contribution >= 4 is 5.91 Å². The molecule has 0 atom stereocenters. The number of methoxy groups -OCH3 is 2. The molecule has 1 aromatic carbocycles. The van der Waals surface area contributed by atoms with Crippen molar-refractivity contribution < 1.29 is 14.3 Å². The van der Waals surface area contributed by atoms with Crippen molar-refractivity contribution in [1.29, 1.82) is 0 Å². The maximum atomic E-state index is 12.1. The summed E-state index contributed by atoms with van der Waals surface area (Å²) < 4.78 is 11.8. The molecule has 0 unspecified atom stereocenters. The number of ether oxygens (including phenoxy) is 2. The van der Waals surface area contributed by atoms with Crippen molar-refractivity contribution in [3.05, 3.63) is 52.2 Å². The minimum Gasteiger partial charge on any atom is -0.493 e. The lowest BCUT2D eigenvalue weighted by atomic mass is 10.1. The SMILES string of the molecule is CCCCc1cc(=O)n(CC(=O)NCCc2ccc(OC)c(OC)c2)cn1. The first-order valence-electron chi connectivity index (χ1n) is 9.10. The normalized spacial score (nSPS) is 10.5. The lowest BCUT2D eigenvalue weighted by Gasteiger charge is -2.10. The third-order valence-corrected chi connectivity index (χ3v) is 4.22. The maximum Gasteiger partial charge on any atom is 0.253 e. The zero-order chi connectivity index (χ0) is 19.6. The smallest absolute Gasteiger partial charge is 0.253 e. The Morgan fingerprint density at radius 2 is 1.93 bits per heavy atom. The summed E-state index contributed by atoms with van der Waals surface area (Å²) in [5.41, 5.74) is 1.59. The molecule has 1 N–H and O–H groups in total. The van der Waals surface area contributed by atoms with Crippen LogP contribution in [0.3, 0.4) is 0 Å². The van der Waals surface area contributed by atoms with Crippen LogP contribution >= 0.6 is 0 Å². The fourth-order valence-electron chi connectivity index (χ4n) is 2.67. The molecule has 0 spiro atoms. The van der Waals surface area contributed by atoms with Gasteiger partial charge in [0.05, 0.1) is 20.5 Å². The number of benzene rings is 1. The van der Waals surface area contributed by atoms with Crippen LogP contribution in [0.1, 0.15) is 31.0 Å². The molecule has 2 rings (SSSR count). The van der Waals surface area contributed by atoms with Crippen molar-refractivity contribution in [3.63, 3.8) is 0 Å². The van der Waals surface area contributed by atoms with E-state index in [0.29, 0.717) is 24.5 Å². The minimum absolute atomic E-state index is 0.0359. The number of nitrogens with zero attached hydrogens (tertiary/aromatic N) is 2. The fraction of sp³-hybridized carbons (Fsp3) is 0.450. The summed E-state index contributed by atoms with van der Waals surface area (Å²) in [5, 5.41) is 2.82. The molecule has 146 valence electrons. The predicted molar refractivity (Wildman–Crippen MR) is 103 cm³/mol. The van der Waals surface area contributed by atoms with E-state index in [1.165, 1.54) is 17.0 Å². The van der Waals surface area contributed by atoms with Crippen LogP contribution in [0.15, 0.2) is 35.4 Å². The topological polar surface area (TPSA) is 82.5 Å². The first-order chi connectivity index (χ1) is 13.1. The second-order valence-electron chi connectivity index (χ2n) is 6.24. The number of carbonyl (C=O) groups is 1. The molecule has 0 aliphatic carbocycles. The number of carbonyl (C=O) groups excluding carboxylic acids is 1. The highest BCUT2D eigenvalue weighted by atomic mass is 16.5. The second kappa shape index (κ2) is 10.4. The van der Waals surface area contributed by atoms with E-state index in [1.807, 2.05) is 18.2 Å². The number of aromatic nitrogens is 2. The van der Waals surface area contributed by atoms with Crippen LogP contribution < -0.4 is 20.3 Å². The van der Waals surface area contributed by atoms with Gasteiger partial charge in [-0.05, 0) is 37.0 Å². The summed E-state index contributed by atoms with van der Waals surface area (Å²) in [4.78, 5) is 28.4. The highest BCUT2D eigenvalue weighted by Crippen LogP contribution is 2.27. The van der Waals surface area contributed by atoms with E-state index >= 15 is 0 Å². The number of nitrogens with one attached hydrogen (secondary N) is 1. The van der Waals surface area contributed by atoms with E-state index in [2.05, 4.69) is 17.2 Å². The van der Waals surface area contributed by atoms with E-state index in [1.54, 1.807) is 14.2 Å². The number of amides is 1. The monoisotopic (exact) mass is 373 g/mol. The molecule has 0 aliphatic rings. The van der Waals surface area contributed by atoms with Crippen LogP contribution in [-0.2, 0) is 24.2 Å². The van der Waals surface area contributed by atoms with Gasteiger partial charge in [-0.25, -0.2) is 4.98 Å². The molecule has 7 nitrogen and oxygen atoms in total. The Bertz CT molecular complexity index is 817. The molecule has 27 heavy (non-hydrogen) atoms. The number of rotatable bonds is 10. The summed E-state index contributed by atoms with van der Waals surface area (Å²) in [5.74, 6) is 1.10. The third kappa shape index (κ3) is 6.13. The van der Waals surface area contributed by atoms with Gasteiger partial charge in [0.2, 0.25) is 5.91 Å². The van der Waals surface area contributed by atoms with Gasteiger partial charge in [0.15, 0.2) is 11.5 Å². The largest absolute Gasteiger partial charge is 0.493 e. The quantitative estimate of drug-likeness (QED) is 0.688. The molecule has 0 saturated carbocycles. The van der Waals surface area contributed by atoms with E-state index in [-0.39, 0.29) is 18.0 Å². The Labute approximate surface area is 159 Å². The summed E-state index contributed by atoms with van der Waals surface area (Å²) in [6, 6.07) is 7.15. The number of unbranched alkanes of at least 4 members (excludes halogenated alkanes) is 1. The van der Waals surface area contributed by atoms with Crippen LogP contribution in [-0.4, -0.2) is 36.2 Å². The minimum atomic E-state index is -0.222. The van der Waals surface area contributed by atoms with Gasteiger partial charge in [-0.15, -0.1) is 0 Å². The molecule has 0 bridgehead atoms. The molecule has 2 aromatic rings. The van der Waals surface area contributed by atoms with Gasteiger partial charge in [0.25, 0.3) is 5.56 Å². The molecule has 0 aliphatic heterocycles. The van der Waals surface area contributed by atoms with Crippen LogP contribution in [0.2, 0.25) is 0 Å². The molecule has 0 radical (unpaired) electrons. The number of hydrogen-bond donors (Lipinski definition) is 1. The second-order valence-corrected chi connectivity index (χ2v) is 6.24. The van der Waals surface area contributed by atoms with Gasteiger partial charge in [0, 0.05) is 18.3 Å². The van der Waals surface area contributed by atoms with Crippen molar-refractivity contribution in [3.8, 4) is 11.5 Å². The molecule has 0 saturated heterocycles. The summed E-state index contributed by atoms with van der Waals surface area (Å²) in [7, 11) is 3.17. The van der Waals surface area contributed by atoms with Crippen LogP contribution in [0.5, 0.6) is 11.5 Å². The Kier molecular flexibility index (Phi) is 7.85. The van der Waals surface area contributed by atoms with E-state index in [4.69, 9.17) is 9.47 Å². The van der Waals surface area contributed by atoms with E-state index in [0.717, 1.165) is 30.5 Å². The van der Waals surface area contributed by atoms with Crippen molar-refractivity contribution in [2.24, 2.45) is 0 Å². The van der Waals surface area contributed by atoms with Crippen molar-refractivity contribution in [2.45, 2.75) is 39.2 Å². The van der Waals surface area contributed by atoms with Crippen LogP contribution in [0.25, 0.3) is 0 Å². The first kappa shape index (κ1) is 20.5. The number of hydrogen-bond acceptors (Lipinski definition) is 5. The Hall–Kier alpha value is -2.83. The Balaban J connectivity index is 1.85. The molecular formula is C20H27N3O4. The fourth-order valence-corrected chi connectivity index (χ4v) is 2.67. The van der Waals surface area contributed by atoms with Gasteiger partial charge in [-0.3, -0.25) is 14.2 Å². The third-order valence-electron chi connectivity index (χ3n) is 4.22. The predicted octanol–water partition coefficient (Wildman–Crippen LogP) is 1.96. The van der Waals surface area contributed by atoms with E-state index < -0.39 is 0 Å². The van der Waals surface area contributed by atoms with Crippen molar-refractivity contribution in [2.75, 3.05) is 20.8 Å². The van der Waals surface area contributed by atoms with Gasteiger partial charge >= 0.3 is 0 Å². The highest BCUT2D eigenvalue weighted by molar-refractivity contribution is 5.75. The van der Waals surface area contributed by atoms with Crippen LogP contribution in [0.4, 0.5) is 0 Å². The highest BCUT2D eigenvalue weighted by Gasteiger charge is 2.07. The Morgan fingerprint density at radius 3 is 2.59 bits per heavy atom. The lowest BCUT2D eigenvalue weighted by Crippen LogP contribution is -2.33. The molecular weight excluding hydrogens is 346 g/mol. The molecule has 1 amide bonds. The average Bonchev–Trinajstić information content (AvgIpc) is 2.68. The molecule has 1 aromatic heterocycles. The lowest BCUT2D eigenvalue weighted by molar-refractivity contribution is -0.121. The zero-order valence-corrected chi connectivity index (χ0v) is 16.2. The summed E-state index contributed by atoms with van der Waals surface area (Å²) in [6.07, 6.45) is 4.92. The first-order valence-corrected chi connectivity index (χ1v) is 9.10. The van der Waals surface area contributed by atoms with Gasteiger partial charge in [0.1, 0.15) is 6.54 Å². The number of aryl methyl sites for hydroxylation is 1. The molecule has 7 heteroatoms. The van der Waals surface area contributed by atoms with E-state index in [9.17, 15) is 9.59 Å². The van der Waals surface area contributed by atoms with Crippen molar-refractivity contribution in [1.82, 2.24) is 14.9 Å². The standard InChI is InChI=1S/C20H27N3O4/c1-4-5-6-16-12-20(25)23(14-22-16)13-19(24)21-10-9-15-7-8-17(26-2)18(11-15)27-3/h7-8,11-12,14H,4-6,9-10,13H2,1-3H3,(H,21,24). The summed E-state index contributed by atoms with van der Waals surface area (Å²) >= 11 is 0.